The number of urea groups is 1. The smallest absolute Gasteiger partial charge is 0.330 e. The van der Waals surface area contributed by atoms with E-state index in [1.807, 2.05) is 6.92 Å². The largest absolute Gasteiger partial charge is 0.479 e. The number of anilines is 1. The van der Waals surface area contributed by atoms with Gasteiger partial charge in [0.1, 0.15) is 5.54 Å². The van der Waals surface area contributed by atoms with E-state index < -0.39 is 28.9 Å². The number of primary amides is 1. The Morgan fingerprint density at radius 3 is 2.32 bits per heavy atom. The van der Waals surface area contributed by atoms with Crippen LogP contribution in [-0.2, 0) is 9.53 Å². The lowest BCUT2D eigenvalue weighted by atomic mass is 9.54. The average molecular weight is 349 g/mol. The van der Waals surface area contributed by atoms with Crippen molar-refractivity contribution in [2.75, 3.05) is 11.9 Å². The monoisotopic (exact) mass is 349 g/mol. The van der Waals surface area contributed by atoms with E-state index in [-0.39, 0.29) is 18.1 Å². The van der Waals surface area contributed by atoms with Gasteiger partial charge < -0.3 is 26.2 Å². The van der Waals surface area contributed by atoms with Gasteiger partial charge >= 0.3 is 12.0 Å². The summed E-state index contributed by atoms with van der Waals surface area (Å²) in [6.45, 7) is 5.86. The van der Waals surface area contributed by atoms with E-state index in [4.69, 9.17) is 10.5 Å². The third-order valence-corrected chi connectivity index (χ3v) is 4.87. The molecule has 0 aromatic heterocycles. The van der Waals surface area contributed by atoms with Gasteiger partial charge in [0.25, 0.3) is 5.91 Å². The zero-order valence-electron chi connectivity index (χ0n) is 14.5. The number of carbonyl (C=O) groups excluding carboxylic acids is 2. The minimum absolute atomic E-state index is 0.205. The highest BCUT2D eigenvalue weighted by molar-refractivity contribution is 5.99. The second-order valence-corrected chi connectivity index (χ2v) is 6.60. The van der Waals surface area contributed by atoms with Crippen molar-refractivity contribution in [3.8, 4) is 0 Å². The maximum atomic E-state index is 12.5. The van der Waals surface area contributed by atoms with E-state index in [1.54, 1.807) is 13.8 Å². The summed E-state index contributed by atoms with van der Waals surface area (Å²) in [5, 5.41) is 14.8. The second-order valence-electron chi connectivity index (χ2n) is 6.60. The number of carboxylic acid groups (broad SMARTS) is 1. The van der Waals surface area contributed by atoms with Crippen LogP contribution in [0.3, 0.4) is 0 Å². The van der Waals surface area contributed by atoms with Crippen molar-refractivity contribution in [3.05, 3.63) is 29.8 Å². The molecule has 1 aliphatic rings. The van der Waals surface area contributed by atoms with Gasteiger partial charge in [0.2, 0.25) is 0 Å². The molecular weight excluding hydrogens is 326 g/mol. The number of rotatable bonds is 6. The highest BCUT2D eigenvalue weighted by Crippen LogP contribution is 2.51. The molecule has 1 saturated carbocycles. The van der Waals surface area contributed by atoms with Crippen LogP contribution < -0.4 is 16.4 Å². The minimum atomic E-state index is -1.39. The summed E-state index contributed by atoms with van der Waals surface area (Å²) in [5.74, 6) is -1.59. The first-order valence-electron chi connectivity index (χ1n) is 7.98. The number of carbonyl (C=O) groups is 3. The van der Waals surface area contributed by atoms with Crippen molar-refractivity contribution in [1.29, 1.82) is 0 Å². The Balaban J connectivity index is 2.17. The summed E-state index contributed by atoms with van der Waals surface area (Å²) in [7, 11) is 0. The van der Waals surface area contributed by atoms with Crippen LogP contribution in [0.25, 0.3) is 0 Å². The van der Waals surface area contributed by atoms with Gasteiger partial charge in [-0.3, -0.25) is 4.79 Å². The van der Waals surface area contributed by atoms with E-state index in [1.165, 1.54) is 24.3 Å². The highest BCUT2D eigenvalue weighted by atomic mass is 16.5. The summed E-state index contributed by atoms with van der Waals surface area (Å²) in [6.07, 6.45) is -0.0352. The number of aliphatic carboxylic acids is 1. The predicted octanol–water partition coefficient (Wildman–Crippen LogP) is 1.57. The van der Waals surface area contributed by atoms with Crippen molar-refractivity contribution in [1.82, 2.24) is 5.32 Å². The van der Waals surface area contributed by atoms with Gasteiger partial charge in [-0.2, -0.15) is 0 Å². The third kappa shape index (κ3) is 3.30. The molecule has 1 aliphatic carbocycles. The summed E-state index contributed by atoms with van der Waals surface area (Å²) >= 11 is 0. The van der Waals surface area contributed by atoms with Crippen LogP contribution >= 0.6 is 0 Å². The Morgan fingerprint density at radius 2 is 1.88 bits per heavy atom. The highest BCUT2D eigenvalue weighted by Gasteiger charge is 2.66. The van der Waals surface area contributed by atoms with Crippen LogP contribution in [-0.4, -0.2) is 41.3 Å². The molecule has 2 rings (SSSR count). The van der Waals surface area contributed by atoms with Gasteiger partial charge in [0, 0.05) is 29.7 Å². The summed E-state index contributed by atoms with van der Waals surface area (Å²) in [5.41, 5.74) is 3.60. The molecule has 136 valence electrons. The molecule has 5 N–H and O–H groups in total. The number of nitrogens with one attached hydrogen (secondary N) is 2. The van der Waals surface area contributed by atoms with E-state index in [0.29, 0.717) is 12.3 Å². The normalized spacial score (nSPS) is 24.0. The lowest BCUT2D eigenvalue weighted by Gasteiger charge is -2.58. The van der Waals surface area contributed by atoms with Crippen molar-refractivity contribution in [3.63, 3.8) is 0 Å². The maximum Gasteiger partial charge on any atom is 0.330 e. The number of hydrogen-bond donors (Lipinski definition) is 4. The minimum Gasteiger partial charge on any atom is -0.479 e. The van der Waals surface area contributed by atoms with Gasteiger partial charge in [-0.05, 0) is 31.2 Å². The number of carboxylic acids is 1. The van der Waals surface area contributed by atoms with Gasteiger partial charge in [-0.15, -0.1) is 0 Å². The summed E-state index contributed by atoms with van der Waals surface area (Å²) < 4.78 is 5.57. The number of nitrogens with two attached hydrogens (primary N) is 1. The molecule has 0 spiro atoms. The molecule has 1 fully saturated rings. The molecular formula is C17H23N3O5. The predicted molar refractivity (Wildman–Crippen MR) is 91.3 cm³/mol. The van der Waals surface area contributed by atoms with Crippen molar-refractivity contribution in [2.24, 2.45) is 11.1 Å². The maximum absolute atomic E-state index is 12.5. The Hall–Kier alpha value is -2.61. The topological polar surface area (TPSA) is 131 Å². The molecule has 8 heteroatoms. The van der Waals surface area contributed by atoms with Crippen LogP contribution in [0.2, 0.25) is 0 Å². The molecule has 2 unspecified atom stereocenters. The van der Waals surface area contributed by atoms with Crippen LogP contribution in [0.5, 0.6) is 0 Å². The first kappa shape index (κ1) is 18.7. The molecule has 0 saturated heterocycles. The second kappa shape index (κ2) is 6.72. The molecule has 2 atom stereocenters. The first-order valence-corrected chi connectivity index (χ1v) is 7.98. The van der Waals surface area contributed by atoms with Gasteiger partial charge in [0.05, 0.1) is 6.10 Å². The standard InChI is InChI=1S/C17H23N3O5/c1-4-25-12-9-17(14(22)23,16(12,2)3)20-13(21)10-5-7-11(8-6-10)19-15(18)24/h5-8,12H,4,9H2,1-3H3,(H,20,21)(H,22,23)(H3,18,19,24). The molecule has 0 radical (unpaired) electrons. The molecule has 25 heavy (non-hydrogen) atoms. The molecule has 0 aliphatic heterocycles. The SMILES string of the molecule is CCOC1CC(NC(=O)c2ccc(NC(N)=O)cc2)(C(=O)O)C1(C)C. The van der Waals surface area contributed by atoms with Gasteiger partial charge in [0.15, 0.2) is 0 Å². The zero-order valence-corrected chi connectivity index (χ0v) is 14.5. The van der Waals surface area contributed by atoms with E-state index in [0.717, 1.165) is 0 Å². The van der Waals surface area contributed by atoms with Crippen LogP contribution in [0, 0.1) is 5.41 Å². The van der Waals surface area contributed by atoms with E-state index >= 15 is 0 Å². The van der Waals surface area contributed by atoms with E-state index in [9.17, 15) is 19.5 Å². The fourth-order valence-electron chi connectivity index (χ4n) is 3.15. The van der Waals surface area contributed by atoms with Crippen molar-refractivity contribution in [2.45, 2.75) is 38.8 Å². The van der Waals surface area contributed by atoms with Crippen molar-refractivity contribution < 1.29 is 24.2 Å². The summed E-state index contributed by atoms with van der Waals surface area (Å²) in [6, 6.07) is 5.30. The molecule has 1 aromatic rings. The lowest BCUT2D eigenvalue weighted by molar-refractivity contribution is -0.190. The fraction of sp³-hybridized carbons (Fsp3) is 0.471. The molecule has 0 bridgehead atoms. The molecule has 1 aromatic carbocycles. The number of ether oxygens (including phenoxy) is 1. The van der Waals surface area contributed by atoms with Crippen LogP contribution in [0.1, 0.15) is 37.6 Å². The van der Waals surface area contributed by atoms with Gasteiger partial charge in [-0.1, -0.05) is 13.8 Å². The average Bonchev–Trinajstić information content (AvgIpc) is 2.53. The van der Waals surface area contributed by atoms with Gasteiger partial charge in [-0.25, -0.2) is 9.59 Å². The Morgan fingerprint density at radius 1 is 1.28 bits per heavy atom. The molecule has 8 nitrogen and oxygen atoms in total. The lowest BCUT2D eigenvalue weighted by Crippen LogP contribution is -2.76. The Labute approximate surface area is 145 Å². The van der Waals surface area contributed by atoms with Crippen LogP contribution in [0.15, 0.2) is 24.3 Å². The zero-order chi connectivity index (χ0) is 18.8. The Kier molecular flexibility index (Phi) is 5.03. The molecule has 3 amide bonds. The number of amides is 3. The molecule has 0 heterocycles. The Bertz CT molecular complexity index is 686. The first-order chi connectivity index (χ1) is 11.6. The number of hydrogen-bond acceptors (Lipinski definition) is 4. The van der Waals surface area contributed by atoms with Crippen molar-refractivity contribution >= 4 is 23.6 Å². The number of benzene rings is 1. The van der Waals surface area contributed by atoms with Crippen LogP contribution in [0.4, 0.5) is 10.5 Å². The summed E-state index contributed by atoms with van der Waals surface area (Å²) in [4.78, 5) is 35.2. The third-order valence-electron chi connectivity index (χ3n) is 4.87. The quantitative estimate of drug-likeness (QED) is 0.619. The fourth-order valence-corrected chi connectivity index (χ4v) is 3.15. The van der Waals surface area contributed by atoms with E-state index in [2.05, 4.69) is 10.6 Å².